The van der Waals surface area contributed by atoms with Crippen LogP contribution in [0.1, 0.15) is 24.9 Å². The maximum atomic E-state index is 5.44. The van der Waals surface area contributed by atoms with E-state index < -0.39 is 0 Å². The summed E-state index contributed by atoms with van der Waals surface area (Å²) in [5.74, 6) is 0.586. The van der Waals surface area contributed by atoms with E-state index in [0.717, 1.165) is 19.6 Å². The smallest absolute Gasteiger partial charge is 0.0710 e. The lowest BCUT2D eigenvalue weighted by Crippen LogP contribution is -2.34. The molecule has 0 amide bonds. The zero-order valence-corrected chi connectivity index (χ0v) is 12.3. The number of benzene rings is 1. The fourth-order valence-electron chi connectivity index (χ4n) is 3.11. The van der Waals surface area contributed by atoms with Crippen LogP contribution in [0.4, 0.5) is 0 Å². The van der Waals surface area contributed by atoms with Crippen LogP contribution in [0.25, 0.3) is 0 Å². The Morgan fingerprint density at radius 2 is 2.11 bits per heavy atom. The van der Waals surface area contributed by atoms with Gasteiger partial charge >= 0.3 is 0 Å². The van der Waals surface area contributed by atoms with Crippen LogP contribution < -0.4 is 5.32 Å². The van der Waals surface area contributed by atoms with Crippen molar-refractivity contribution in [2.45, 2.75) is 25.5 Å². The lowest BCUT2D eigenvalue weighted by atomic mass is 9.94. The first-order valence-corrected chi connectivity index (χ1v) is 7.22. The molecular weight excluding hydrogens is 236 g/mol. The molecule has 106 valence electrons. The number of nitrogens with zero attached hydrogens (tertiary/aromatic N) is 1. The fraction of sp³-hybridized carbons (Fsp3) is 0.625. The standard InChI is InChI=1S/C16H26N2O/c1-13(11-18-10-9-15(12-18)19-3)16(17-2)14-7-5-4-6-8-14/h4-8,13,15-17H,9-12H2,1-3H3. The van der Waals surface area contributed by atoms with E-state index in [9.17, 15) is 0 Å². The van der Waals surface area contributed by atoms with Gasteiger partial charge in [0.05, 0.1) is 6.10 Å². The van der Waals surface area contributed by atoms with Crippen LogP contribution >= 0.6 is 0 Å². The number of hydrogen-bond acceptors (Lipinski definition) is 3. The van der Waals surface area contributed by atoms with Crippen molar-refractivity contribution in [1.82, 2.24) is 10.2 Å². The molecule has 1 aromatic rings. The van der Waals surface area contributed by atoms with Crippen molar-refractivity contribution in [3.8, 4) is 0 Å². The zero-order valence-electron chi connectivity index (χ0n) is 12.3. The molecule has 3 unspecified atom stereocenters. The van der Waals surface area contributed by atoms with Crippen LogP contribution in [0.5, 0.6) is 0 Å². The van der Waals surface area contributed by atoms with Crippen molar-refractivity contribution in [1.29, 1.82) is 0 Å². The Morgan fingerprint density at radius 1 is 1.37 bits per heavy atom. The Labute approximate surface area is 116 Å². The highest BCUT2D eigenvalue weighted by molar-refractivity contribution is 5.19. The Bertz CT molecular complexity index is 368. The molecule has 0 aromatic heterocycles. The minimum Gasteiger partial charge on any atom is -0.380 e. The van der Waals surface area contributed by atoms with E-state index in [4.69, 9.17) is 4.74 Å². The highest BCUT2D eigenvalue weighted by atomic mass is 16.5. The van der Waals surface area contributed by atoms with Crippen molar-refractivity contribution < 1.29 is 4.74 Å². The third kappa shape index (κ3) is 3.78. The quantitative estimate of drug-likeness (QED) is 0.851. The first kappa shape index (κ1) is 14.5. The summed E-state index contributed by atoms with van der Waals surface area (Å²) in [4.78, 5) is 2.52. The molecule has 0 saturated carbocycles. The Kier molecular flexibility index (Phi) is 5.37. The molecule has 1 aromatic carbocycles. The van der Waals surface area contributed by atoms with Gasteiger partial charge in [-0.05, 0) is 24.9 Å². The summed E-state index contributed by atoms with van der Waals surface area (Å²) in [6.07, 6.45) is 1.59. The van der Waals surface area contributed by atoms with Crippen molar-refractivity contribution in [3.05, 3.63) is 35.9 Å². The summed E-state index contributed by atoms with van der Waals surface area (Å²) >= 11 is 0. The molecule has 3 nitrogen and oxygen atoms in total. The lowest BCUT2D eigenvalue weighted by Gasteiger charge is -2.28. The monoisotopic (exact) mass is 262 g/mol. The molecule has 2 rings (SSSR count). The van der Waals surface area contributed by atoms with Crippen LogP contribution in [-0.2, 0) is 4.74 Å². The van der Waals surface area contributed by atoms with Crippen molar-refractivity contribution in [2.75, 3.05) is 33.8 Å². The highest BCUT2D eigenvalue weighted by Crippen LogP contribution is 2.24. The first-order valence-electron chi connectivity index (χ1n) is 7.22. The van der Waals surface area contributed by atoms with Crippen LogP contribution in [0.3, 0.4) is 0 Å². The molecule has 1 fully saturated rings. The average Bonchev–Trinajstić information content (AvgIpc) is 2.88. The molecule has 0 spiro atoms. The number of rotatable bonds is 6. The minimum atomic E-state index is 0.419. The predicted molar refractivity (Wildman–Crippen MR) is 79.3 cm³/mol. The molecule has 0 aliphatic carbocycles. The average molecular weight is 262 g/mol. The Balaban J connectivity index is 1.92. The number of likely N-dealkylation sites (tertiary alicyclic amines) is 1. The normalized spacial score (nSPS) is 23.4. The van der Waals surface area contributed by atoms with Gasteiger partial charge in [-0.1, -0.05) is 37.3 Å². The number of nitrogens with one attached hydrogen (secondary N) is 1. The summed E-state index contributed by atoms with van der Waals surface area (Å²) in [6.45, 7) is 5.69. The SMILES string of the molecule is CNC(c1ccccc1)C(C)CN1CCC(OC)C1. The maximum Gasteiger partial charge on any atom is 0.0710 e. The van der Waals surface area contributed by atoms with E-state index in [-0.39, 0.29) is 0 Å². The lowest BCUT2D eigenvalue weighted by molar-refractivity contribution is 0.105. The Morgan fingerprint density at radius 3 is 2.68 bits per heavy atom. The van der Waals surface area contributed by atoms with Crippen molar-refractivity contribution in [3.63, 3.8) is 0 Å². The third-order valence-corrected chi connectivity index (χ3v) is 4.15. The molecule has 1 saturated heterocycles. The van der Waals surface area contributed by atoms with E-state index in [0.29, 0.717) is 18.1 Å². The topological polar surface area (TPSA) is 24.5 Å². The third-order valence-electron chi connectivity index (χ3n) is 4.15. The molecule has 1 heterocycles. The van der Waals surface area contributed by atoms with Crippen molar-refractivity contribution in [2.24, 2.45) is 5.92 Å². The number of methoxy groups -OCH3 is 1. The first-order chi connectivity index (χ1) is 9.24. The van der Waals surface area contributed by atoms with Crippen LogP contribution in [0.15, 0.2) is 30.3 Å². The molecule has 0 bridgehead atoms. The fourth-order valence-corrected chi connectivity index (χ4v) is 3.11. The van der Waals surface area contributed by atoms with Gasteiger partial charge < -0.3 is 15.0 Å². The van der Waals surface area contributed by atoms with Crippen LogP contribution in [-0.4, -0.2) is 44.8 Å². The van der Waals surface area contributed by atoms with Gasteiger partial charge in [0.15, 0.2) is 0 Å². The van der Waals surface area contributed by atoms with Gasteiger partial charge in [0, 0.05) is 32.8 Å². The van der Waals surface area contributed by atoms with E-state index in [2.05, 4.69) is 54.5 Å². The van der Waals surface area contributed by atoms with E-state index in [1.165, 1.54) is 12.0 Å². The van der Waals surface area contributed by atoms with Gasteiger partial charge in [0.25, 0.3) is 0 Å². The second kappa shape index (κ2) is 7.04. The van der Waals surface area contributed by atoms with Crippen LogP contribution in [0, 0.1) is 5.92 Å². The molecule has 1 aliphatic heterocycles. The molecule has 1 N–H and O–H groups in total. The molecule has 0 radical (unpaired) electrons. The van der Waals surface area contributed by atoms with Gasteiger partial charge in [-0.25, -0.2) is 0 Å². The summed E-state index contributed by atoms with van der Waals surface area (Å²) in [7, 11) is 3.87. The summed E-state index contributed by atoms with van der Waals surface area (Å²) in [5, 5.41) is 3.46. The summed E-state index contributed by atoms with van der Waals surface area (Å²) < 4.78 is 5.44. The van der Waals surface area contributed by atoms with E-state index in [1.54, 1.807) is 0 Å². The van der Waals surface area contributed by atoms with Gasteiger partial charge in [-0.3, -0.25) is 0 Å². The summed E-state index contributed by atoms with van der Waals surface area (Å²) in [5.41, 5.74) is 1.37. The number of hydrogen-bond donors (Lipinski definition) is 1. The molecule has 1 aliphatic rings. The minimum absolute atomic E-state index is 0.419. The van der Waals surface area contributed by atoms with Crippen LogP contribution in [0.2, 0.25) is 0 Å². The molecular formula is C16H26N2O. The van der Waals surface area contributed by atoms with Gasteiger partial charge in [0.1, 0.15) is 0 Å². The molecule has 3 atom stereocenters. The van der Waals surface area contributed by atoms with Crippen molar-refractivity contribution >= 4 is 0 Å². The summed E-state index contributed by atoms with van der Waals surface area (Å²) in [6, 6.07) is 11.1. The van der Waals surface area contributed by atoms with E-state index in [1.807, 2.05) is 7.11 Å². The van der Waals surface area contributed by atoms with E-state index >= 15 is 0 Å². The predicted octanol–water partition coefficient (Wildman–Crippen LogP) is 2.30. The van der Waals surface area contributed by atoms with Gasteiger partial charge in [-0.15, -0.1) is 0 Å². The Hall–Kier alpha value is -0.900. The second-order valence-electron chi connectivity index (χ2n) is 5.56. The molecule has 3 heteroatoms. The molecule has 19 heavy (non-hydrogen) atoms. The number of ether oxygens (including phenoxy) is 1. The van der Waals surface area contributed by atoms with Gasteiger partial charge in [-0.2, -0.15) is 0 Å². The second-order valence-corrected chi connectivity index (χ2v) is 5.56. The largest absolute Gasteiger partial charge is 0.380 e. The zero-order chi connectivity index (χ0) is 13.7. The maximum absolute atomic E-state index is 5.44. The highest BCUT2D eigenvalue weighted by Gasteiger charge is 2.26. The van der Waals surface area contributed by atoms with Gasteiger partial charge in [0.2, 0.25) is 0 Å².